The van der Waals surface area contributed by atoms with Crippen molar-refractivity contribution in [2.24, 2.45) is 0 Å². The number of rotatable bonds is 5. The van der Waals surface area contributed by atoms with Crippen molar-refractivity contribution in [3.63, 3.8) is 0 Å². The van der Waals surface area contributed by atoms with Gasteiger partial charge in [-0.25, -0.2) is 4.68 Å². The van der Waals surface area contributed by atoms with Gasteiger partial charge in [0.1, 0.15) is 0 Å². The van der Waals surface area contributed by atoms with Crippen LogP contribution in [0.15, 0.2) is 72.2 Å². The fourth-order valence-electron chi connectivity index (χ4n) is 3.15. The van der Waals surface area contributed by atoms with E-state index in [9.17, 15) is 9.59 Å². The number of amides is 2. The molecule has 0 saturated heterocycles. The number of para-hydroxylation sites is 1. The van der Waals surface area contributed by atoms with Gasteiger partial charge in [0, 0.05) is 11.4 Å². The summed E-state index contributed by atoms with van der Waals surface area (Å²) < 4.78 is 1.77. The van der Waals surface area contributed by atoms with Crippen molar-refractivity contribution in [1.29, 1.82) is 0 Å². The molecule has 30 heavy (non-hydrogen) atoms. The molecule has 2 heterocycles. The minimum atomic E-state index is -0.255. The van der Waals surface area contributed by atoms with Gasteiger partial charge in [-0.05, 0) is 55.1 Å². The Morgan fingerprint density at radius 1 is 0.900 bits per heavy atom. The third-order valence-electron chi connectivity index (χ3n) is 4.72. The lowest BCUT2D eigenvalue weighted by Crippen LogP contribution is -2.14. The van der Waals surface area contributed by atoms with Gasteiger partial charge in [-0.3, -0.25) is 9.59 Å². The molecule has 0 aliphatic rings. The molecule has 2 amide bonds. The first-order chi connectivity index (χ1) is 14.5. The average Bonchev–Trinajstić information content (AvgIpc) is 3.39. The van der Waals surface area contributed by atoms with E-state index in [1.807, 2.05) is 49.6 Å². The van der Waals surface area contributed by atoms with Crippen molar-refractivity contribution in [3.05, 3.63) is 93.9 Å². The molecular weight excluding hydrogens is 396 g/mol. The Hall–Kier alpha value is -3.71. The Labute approximate surface area is 178 Å². The molecule has 0 spiro atoms. The highest BCUT2D eigenvalue weighted by Crippen LogP contribution is 2.21. The zero-order valence-corrected chi connectivity index (χ0v) is 17.4. The van der Waals surface area contributed by atoms with Crippen LogP contribution in [0, 0.1) is 13.8 Å². The summed E-state index contributed by atoms with van der Waals surface area (Å²) in [5, 5.41) is 12.0. The van der Waals surface area contributed by atoms with Gasteiger partial charge in [0.05, 0.1) is 28.0 Å². The minimum Gasteiger partial charge on any atom is -0.322 e. The number of nitrogens with zero attached hydrogens (tertiary/aromatic N) is 2. The standard InChI is InChI=1S/C23H20N4O2S/c1-15-7-3-4-10-20(15)27-16(2)19(14-24-27)22(28)25-17-8-5-9-18(13-17)26-23(29)21-11-6-12-30-21/h3-14H,1-2H3,(H,25,28)(H,26,29). The number of anilines is 2. The Balaban J connectivity index is 1.51. The smallest absolute Gasteiger partial charge is 0.265 e. The Morgan fingerprint density at radius 2 is 1.63 bits per heavy atom. The SMILES string of the molecule is Cc1ccccc1-n1ncc(C(=O)Nc2cccc(NC(=O)c3cccs3)c2)c1C. The van der Waals surface area contributed by atoms with Crippen LogP contribution in [0.2, 0.25) is 0 Å². The van der Waals surface area contributed by atoms with Crippen LogP contribution in [-0.2, 0) is 0 Å². The molecule has 6 nitrogen and oxygen atoms in total. The van der Waals surface area contributed by atoms with Gasteiger partial charge in [-0.2, -0.15) is 5.10 Å². The third kappa shape index (κ3) is 4.01. The van der Waals surface area contributed by atoms with E-state index in [2.05, 4.69) is 15.7 Å². The number of nitrogens with one attached hydrogen (secondary N) is 2. The number of thiophene rings is 1. The topological polar surface area (TPSA) is 76.0 Å². The molecule has 0 saturated carbocycles. The van der Waals surface area contributed by atoms with Crippen molar-refractivity contribution in [1.82, 2.24) is 9.78 Å². The van der Waals surface area contributed by atoms with Crippen molar-refractivity contribution >= 4 is 34.5 Å². The molecule has 0 fully saturated rings. The monoisotopic (exact) mass is 416 g/mol. The lowest BCUT2D eigenvalue weighted by atomic mass is 10.2. The highest BCUT2D eigenvalue weighted by molar-refractivity contribution is 7.12. The van der Waals surface area contributed by atoms with E-state index in [-0.39, 0.29) is 11.8 Å². The van der Waals surface area contributed by atoms with Crippen LogP contribution in [0.25, 0.3) is 5.69 Å². The van der Waals surface area contributed by atoms with Crippen molar-refractivity contribution in [3.8, 4) is 5.69 Å². The molecular formula is C23H20N4O2S. The highest BCUT2D eigenvalue weighted by atomic mass is 32.1. The van der Waals surface area contributed by atoms with Gasteiger partial charge in [0.2, 0.25) is 0 Å². The van der Waals surface area contributed by atoms with Crippen LogP contribution < -0.4 is 10.6 Å². The van der Waals surface area contributed by atoms with Crippen molar-refractivity contribution < 1.29 is 9.59 Å². The van der Waals surface area contributed by atoms with E-state index < -0.39 is 0 Å². The van der Waals surface area contributed by atoms with Gasteiger partial charge in [0.15, 0.2) is 0 Å². The van der Waals surface area contributed by atoms with Crippen LogP contribution in [-0.4, -0.2) is 21.6 Å². The zero-order chi connectivity index (χ0) is 21.1. The van der Waals surface area contributed by atoms with E-state index in [0.717, 1.165) is 16.9 Å². The second-order valence-corrected chi connectivity index (χ2v) is 7.76. The van der Waals surface area contributed by atoms with Gasteiger partial charge < -0.3 is 10.6 Å². The number of carbonyl (C=O) groups is 2. The van der Waals surface area contributed by atoms with Gasteiger partial charge in [-0.1, -0.05) is 30.3 Å². The molecule has 2 aromatic carbocycles. The first kappa shape index (κ1) is 19.6. The lowest BCUT2D eigenvalue weighted by molar-refractivity contribution is 0.102. The maximum Gasteiger partial charge on any atom is 0.265 e. The van der Waals surface area contributed by atoms with E-state index in [1.165, 1.54) is 11.3 Å². The highest BCUT2D eigenvalue weighted by Gasteiger charge is 2.16. The Morgan fingerprint density at radius 3 is 2.33 bits per heavy atom. The van der Waals surface area contributed by atoms with Crippen LogP contribution in [0.3, 0.4) is 0 Å². The van der Waals surface area contributed by atoms with E-state index in [1.54, 1.807) is 41.2 Å². The average molecular weight is 417 g/mol. The zero-order valence-electron chi connectivity index (χ0n) is 16.5. The number of benzene rings is 2. The predicted octanol–water partition coefficient (Wildman–Crippen LogP) is 5.06. The first-order valence-electron chi connectivity index (χ1n) is 9.40. The Kier molecular flexibility index (Phi) is 5.45. The minimum absolute atomic E-state index is 0.177. The van der Waals surface area contributed by atoms with Crippen LogP contribution >= 0.6 is 11.3 Å². The molecule has 0 aliphatic heterocycles. The summed E-state index contributed by atoms with van der Waals surface area (Å²) in [5.74, 6) is -0.433. The molecule has 2 aromatic heterocycles. The Bertz CT molecular complexity index is 1210. The summed E-state index contributed by atoms with van der Waals surface area (Å²) >= 11 is 1.37. The number of carbonyl (C=O) groups excluding carboxylic acids is 2. The molecule has 2 N–H and O–H groups in total. The molecule has 4 aromatic rings. The lowest BCUT2D eigenvalue weighted by Gasteiger charge is -2.10. The normalized spacial score (nSPS) is 10.6. The fraction of sp³-hybridized carbons (Fsp3) is 0.0870. The van der Waals surface area contributed by atoms with E-state index in [0.29, 0.717) is 21.8 Å². The van der Waals surface area contributed by atoms with Crippen LogP contribution in [0.1, 0.15) is 31.3 Å². The van der Waals surface area contributed by atoms with Crippen LogP contribution in [0.5, 0.6) is 0 Å². The maximum atomic E-state index is 12.8. The fourth-order valence-corrected chi connectivity index (χ4v) is 3.77. The van der Waals surface area contributed by atoms with E-state index >= 15 is 0 Å². The summed E-state index contributed by atoms with van der Waals surface area (Å²) in [4.78, 5) is 25.7. The largest absolute Gasteiger partial charge is 0.322 e. The molecule has 0 bridgehead atoms. The summed E-state index contributed by atoms with van der Waals surface area (Å²) in [6.45, 7) is 3.87. The molecule has 0 radical (unpaired) electrons. The summed E-state index contributed by atoms with van der Waals surface area (Å²) in [5.41, 5.74) is 4.46. The van der Waals surface area contributed by atoms with E-state index in [4.69, 9.17) is 0 Å². The molecule has 4 rings (SSSR count). The summed E-state index contributed by atoms with van der Waals surface area (Å²) in [7, 11) is 0. The quantitative estimate of drug-likeness (QED) is 0.478. The van der Waals surface area contributed by atoms with Gasteiger partial charge in [-0.15, -0.1) is 11.3 Å². The van der Waals surface area contributed by atoms with Gasteiger partial charge in [0.25, 0.3) is 11.8 Å². The van der Waals surface area contributed by atoms with Crippen molar-refractivity contribution in [2.45, 2.75) is 13.8 Å². The molecule has 0 unspecified atom stereocenters. The maximum absolute atomic E-state index is 12.8. The van der Waals surface area contributed by atoms with Gasteiger partial charge >= 0.3 is 0 Å². The first-order valence-corrected chi connectivity index (χ1v) is 10.3. The molecule has 0 aliphatic carbocycles. The molecule has 0 atom stereocenters. The van der Waals surface area contributed by atoms with Crippen molar-refractivity contribution in [2.75, 3.05) is 10.6 Å². The third-order valence-corrected chi connectivity index (χ3v) is 5.59. The number of aromatic nitrogens is 2. The summed E-state index contributed by atoms with van der Waals surface area (Å²) in [6.07, 6.45) is 1.57. The number of hydrogen-bond donors (Lipinski definition) is 2. The number of aryl methyl sites for hydroxylation is 1. The predicted molar refractivity (Wildman–Crippen MR) is 120 cm³/mol. The molecule has 150 valence electrons. The molecule has 7 heteroatoms. The van der Waals surface area contributed by atoms with Crippen LogP contribution in [0.4, 0.5) is 11.4 Å². The number of hydrogen-bond acceptors (Lipinski definition) is 4. The second kappa shape index (κ2) is 8.34. The summed E-state index contributed by atoms with van der Waals surface area (Å²) in [6, 6.07) is 18.5. The second-order valence-electron chi connectivity index (χ2n) is 6.81.